The number of rotatable bonds is 10. The Balaban J connectivity index is 0.000000546. The molecule has 0 radical (unpaired) electrons. The molecule has 240 valence electrons. The average molecular weight is 643 g/mol. The number of ketones is 2. The van der Waals surface area contributed by atoms with Gasteiger partial charge in [-0.25, -0.2) is 9.59 Å². The van der Waals surface area contributed by atoms with E-state index in [0.717, 1.165) is 20.9 Å². The van der Waals surface area contributed by atoms with Crippen LogP contribution in [0.3, 0.4) is 0 Å². The summed E-state index contributed by atoms with van der Waals surface area (Å²) in [6, 6.07) is 19.4. The Morgan fingerprint density at radius 3 is 1.11 bits per heavy atom. The molecule has 2 aromatic rings. The van der Waals surface area contributed by atoms with E-state index in [1.807, 2.05) is 88.4 Å². The lowest BCUT2D eigenvalue weighted by molar-refractivity contribution is -0.128. The van der Waals surface area contributed by atoms with Crippen LogP contribution in [0, 0.1) is 10.8 Å². The molecule has 0 fully saturated rings. The first-order chi connectivity index (χ1) is 20.0. The van der Waals surface area contributed by atoms with E-state index in [1.54, 1.807) is 41.5 Å². The van der Waals surface area contributed by atoms with Gasteiger partial charge in [-0.05, 0) is 52.7 Å². The van der Waals surface area contributed by atoms with Crippen molar-refractivity contribution in [2.24, 2.45) is 10.8 Å². The third-order valence-electron chi connectivity index (χ3n) is 5.92. The van der Waals surface area contributed by atoms with Crippen molar-refractivity contribution in [1.29, 1.82) is 0 Å². The first kappa shape index (κ1) is 38.7. The normalized spacial score (nSPS) is 11.8. The monoisotopic (exact) mass is 642 g/mol. The summed E-state index contributed by atoms with van der Waals surface area (Å²) < 4.78 is 13.8. The molecule has 9 heteroatoms. The van der Waals surface area contributed by atoms with E-state index in [-0.39, 0.29) is 30.8 Å². The summed E-state index contributed by atoms with van der Waals surface area (Å²) in [7, 11) is 0. The van der Waals surface area contributed by atoms with Crippen LogP contribution < -0.4 is 0 Å². The summed E-state index contributed by atoms with van der Waals surface area (Å²) in [6.07, 6.45) is -1.71. The third kappa shape index (κ3) is 14.9. The lowest BCUT2D eigenvalue weighted by Gasteiger charge is -2.27. The van der Waals surface area contributed by atoms with Gasteiger partial charge in [-0.3, -0.25) is 9.59 Å². The molecule has 0 aliphatic carbocycles. The highest BCUT2D eigenvalue weighted by molar-refractivity contribution is 7.81. The summed E-state index contributed by atoms with van der Waals surface area (Å²) >= 11 is 11.2. The molecule has 0 aromatic heterocycles. The summed E-state index contributed by atoms with van der Waals surface area (Å²) in [5, 5.41) is 0. The van der Waals surface area contributed by atoms with E-state index in [2.05, 4.69) is 4.74 Å². The second-order valence-electron chi connectivity index (χ2n) is 13.8. The topological polar surface area (TPSA) is 96.0 Å². The number of hydrogen-bond donors (Lipinski definition) is 0. The van der Waals surface area contributed by atoms with E-state index in [1.165, 1.54) is 0 Å². The van der Waals surface area contributed by atoms with Crippen LogP contribution in [0.2, 0.25) is 0 Å². The minimum absolute atomic E-state index is 0.0817. The van der Waals surface area contributed by atoms with Crippen LogP contribution in [0.5, 0.6) is 0 Å². The molecular weight excluding hydrogens is 597 g/mol. The quantitative estimate of drug-likeness (QED) is 0.109. The van der Waals surface area contributed by atoms with E-state index in [0.29, 0.717) is 0 Å². The maximum atomic E-state index is 12.6. The lowest BCUT2D eigenvalue weighted by Crippen LogP contribution is -2.30. The first-order valence-corrected chi connectivity index (χ1v) is 15.2. The van der Waals surface area contributed by atoms with Gasteiger partial charge in [-0.1, -0.05) is 113 Å². The second kappa shape index (κ2) is 16.1. The van der Waals surface area contributed by atoms with Crippen molar-refractivity contribution in [3.05, 3.63) is 71.8 Å². The molecule has 0 spiro atoms. The second-order valence-corrected chi connectivity index (χ2v) is 14.6. The van der Waals surface area contributed by atoms with Crippen LogP contribution in [-0.4, -0.2) is 44.8 Å². The maximum absolute atomic E-state index is 12.6. The summed E-state index contributed by atoms with van der Waals surface area (Å²) in [5.74, 6) is -0.167. The molecule has 0 aliphatic heterocycles. The Kier molecular flexibility index (Phi) is 14.2. The van der Waals surface area contributed by atoms with Gasteiger partial charge in [0.2, 0.25) is 0 Å². The van der Waals surface area contributed by atoms with Crippen molar-refractivity contribution < 1.29 is 33.4 Å². The Morgan fingerprint density at radius 2 is 0.841 bits per heavy atom. The highest BCUT2D eigenvalue weighted by atomic mass is 32.1. The van der Waals surface area contributed by atoms with Crippen LogP contribution in [0.25, 0.3) is 0 Å². The fourth-order valence-corrected chi connectivity index (χ4v) is 4.48. The van der Waals surface area contributed by atoms with E-state index < -0.39 is 34.3 Å². The maximum Gasteiger partial charge on any atom is 0.519 e. The molecule has 2 aromatic carbocycles. The fourth-order valence-electron chi connectivity index (χ4n) is 4.06. The number of Topliss-reactive ketones (excluding diaryl/α,β-unsaturated/α-hetero) is 2. The van der Waals surface area contributed by atoms with Crippen LogP contribution in [0.15, 0.2) is 60.7 Å². The molecule has 0 saturated heterocycles. The van der Waals surface area contributed by atoms with Crippen LogP contribution >= 0.6 is 24.4 Å². The minimum atomic E-state index is -1.06. The van der Waals surface area contributed by atoms with E-state index in [4.69, 9.17) is 33.9 Å². The van der Waals surface area contributed by atoms with Crippen LogP contribution in [-0.2, 0) is 23.8 Å². The van der Waals surface area contributed by atoms with Gasteiger partial charge in [0, 0.05) is 33.4 Å². The van der Waals surface area contributed by atoms with Crippen molar-refractivity contribution in [3.8, 4) is 0 Å². The predicted molar refractivity (Wildman–Crippen MR) is 181 cm³/mol. The SMILES string of the molecule is CC(C)(C)OC(=O)OC(=O)OC(C)(C)C.CC(C)(CC(=O)CC(=O)CC(C)(C)C(=S)c1ccccc1)C(=S)c1ccccc1. The first-order valence-electron chi connectivity index (χ1n) is 14.4. The predicted octanol–water partition coefficient (Wildman–Crippen LogP) is 9.06. The third-order valence-corrected chi connectivity index (χ3v) is 7.50. The zero-order valence-corrected chi connectivity index (χ0v) is 29.2. The van der Waals surface area contributed by atoms with Gasteiger partial charge in [-0.2, -0.15) is 0 Å². The molecule has 0 aliphatic rings. The van der Waals surface area contributed by atoms with Gasteiger partial charge in [0.05, 0.1) is 6.42 Å². The number of carbonyl (C=O) groups excluding carboxylic acids is 4. The van der Waals surface area contributed by atoms with Gasteiger partial charge in [0.25, 0.3) is 0 Å². The summed E-state index contributed by atoms with van der Waals surface area (Å²) in [4.78, 5) is 48.7. The Morgan fingerprint density at radius 1 is 0.545 bits per heavy atom. The molecule has 44 heavy (non-hydrogen) atoms. The van der Waals surface area contributed by atoms with Crippen LogP contribution in [0.1, 0.15) is 99.6 Å². The zero-order chi connectivity index (χ0) is 33.9. The van der Waals surface area contributed by atoms with E-state index >= 15 is 0 Å². The Bertz CT molecular complexity index is 1210. The molecule has 2 rings (SSSR count). The van der Waals surface area contributed by atoms with Crippen molar-refractivity contribution in [2.75, 3.05) is 0 Å². The number of carbonyl (C=O) groups is 4. The molecule has 0 atom stereocenters. The standard InChI is InChI=1S/C25H28O2S2.C10H18O5/c1-24(2,22(28)18-11-7-5-8-12-18)16-20(26)15-21(27)17-25(3,4)23(29)19-13-9-6-10-14-19;1-9(2,3)14-7(11)13-8(12)15-10(4,5)6/h5-14H,15-17H2,1-4H3;1-6H3. The van der Waals surface area contributed by atoms with Gasteiger partial charge in [0.1, 0.15) is 22.8 Å². The summed E-state index contributed by atoms with van der Waals surface area (Å²) in [6.45, 7) is 17.9. The smallest absolute Gasteiger partial charge is 0.428 e. The summed E-state index contributed by atoms with van der Waals surface area (Å²) in [5.41, 5.74) is -0.466. The zero-order valence-electron chi connectivity index (χ0n) is 27.6. The van der Waals surface area contributed by atoms with Gasteiger partial charge >= 0.3 is 12.3 Å². The minimum Gasteiger partial charge on any atom is -0.428 e. The van der Waals surface area contributed by atoms with Crippen molar-refractivity contribution in [3.63, 3.8) is 0 Å². The van der Waals surface area contributed by atoms with Gasteiger partial charge < -0.3 is 14.2 Å². The number of hydrogen-bond acceptors (Lipinski definition) is 9. The van der Waals surface area contributed by atoms with Gasteiger partial charge in [-0.15, -0.1) is 0 Å². The molecule has 0 saturated carbocycles. The van der Waals surface area contributed by atoms with Crippen molar-refractivity contribution >= 4 is 58.0 Å². The van der Waals surface area contributed by atoms with Crippen molar-refractivity contribution in [1.82, 2.24) is 0 Å². The molecular formula is C35H46O7S2. The number of ether oxygens (including phenoxy) is 3. The lowest BCUT2D eigenvalue weighted by atomic mass is 9.78. The van der Waals surface area contributed by atoms with E-state index in [9.17, 15) is 19.2 Å². The van der Waals surface area contributed by atoms with Gasteiger partial charge in [0.15, 0.2) is 0 Å². The Hall–Kier alpha value is -3.30. The van der Waals surface area contributed by atoms with Crippen LogP contribution in [0.4, 0.5) is 9.59 Å². The number of thiocarbonyl (C=S) groups is 2. The number of benzene rings is 2. The molecule has 0 N–H and O–H groups in total. The average Bonchev–Trinajstić information content (AvgIpc) is 2.86. The molecule has 7 nitrogen and oxygen atoms in total. The highest BCUT2D eigenvalue weighted by Crippen LogP contribution is 2.30. The van der Waals surface area contributed by atoms with Crippen molar-refractivity contribution in [2.45, 2.75) is 99.7 Å². The molecule has 0 bridgehead atoms. The Labute approximate surface area is 273 Å². The highest BCUT2D eigenvalue weighted by Gasteiger charge is 2.31. The molecule has 0 unspecified atom stereocenters. The molecule has 0 heterocycles. The largest absolute Gasteiger partial charge is 0.519 e. The molecule has 0 amide bonds. The fraction of sp³-hybridized carbons (Fsp3) is 0.486.